The molecule has 1 amide bonds. The summed E-state index contributed by atoms with van der Waals surface area (Å²) in [6.07, 6.45) is 7.01. The van der Waals surface area contributed by atoms with E-state index in [1.165, 1.54) is 11.1 Å². The number of rotatable bonds is 9. The number of aromatic nitrogens is 2. The zero-order chi connectivity index (χ0) is 20.3. The zero-order valence-corrected chi connectivity index (χ0v) is 17.3. The molecule has 1 aliphatic heterocycles. The number of aliphatic imine (C=N–C) groups is 1. The van der Waals surface area contributed by atoms with Gasteiger partial charge >= 0.3 is 0 Å². The Morgan fingerprint density at radius 1 is 1.17 bits per heavy atom. The molecule has 1 aliphatic rings. The monoisotopic (exact) mass is 396 g/mol. The van der Waals surface area contributed by atoms with Crippen LogP contribution >= 0.6 is 0 Å². The molecule has 29 heavy (non-hydrogen) atoms. The highest BCUT2D eigenvalue weighted by Crippen LogP contribution is 2.19. The first-order valence-electron chi connectivity index (χ1n) is 10.6. The third-order valence-corrected chi connectivity index (χ3v) is 5.06. The maximum Gasteiger partial charge on any atom is 0.222 e. The molecule has 2 aromatic rings. The molecule has 0 atom stereocenters. The van der Waals surface area contributed by atoms with Crippen LogP contribution in [0.4, 0.5) is 0 Å². The molecule has 2 N–H and O–H groups in total. The summed E-state index contributed by atoms with van der Waals surface area (Å²) in [5.74, 6) is 1.05. The second-order valence-corrected chi connectivity index (χ2v) is 7.25. The predicted molar refractivity (Wildman–Crippen MR) is 116 cm³/mol. The van der Waals surface area contributed by atoms with Crippen LogP contribution in [0.5, 0.6) is 0 Å². The number of fused-ring (bicyclic) bond motifs is 1. The van der Waals surface area contributed by atoms with Gasteiger partial charge in [0, 0.05) is 58.1 Å². The van der Waals surface area contributed by atoms with Crippen molar-refractivity contribution in [1.29, 1.82) is 0 Å². The summed E-state index contributed by atoms with van der Waals surface area (Å²) in [4.78, 5) is 19.1. The lowest BCUT2D eigenvalue weighted by Crippen LogP contribution is -2.39. The third-order valence-electron chi connectivity index (χ3n) is 5.06. The Bertz CT molecular complexity index is 786. The summed E-state index contributed by atoms with van der Waals surface area (Å²) in [7, 11) is 0. The minimum atomic E-state index is 0.238. The molecular weight excluding hydrogens is 364 g/mol. The van der Waals surface area contributed by atoms with E-state index >= 15 is 0 Å². The van der Waals surface area contributed by atoms with Gasteiger partial charge in [0.15, 0.2) is 5.96 Å². The third kappa shape index (κ3) is 6.62. The van der Waals surface area contributed by atoms with Crippen molar-refractivity contribution in [1.82, 2.24) is 25.3 Å². The highest BCUT2D eigenvalue weighted by atomic mass is 16.2. The van der Waals surface area contributed by atoms with Crippen LogP contribution in [0.1, 0.15) is 37.3 Å². The van der Waals surface area contributed by atoms with Gasteiger partial charge in [-0.2, -0.15) is 5.10 Å². The lowest BCUT2D eigenvalue weighted by molar-refractivity contribution is -0.132. The molecule has 7 heteroatoms. The Morgan fingerprint density at radius 2 is 2.03 bits per heavy atom. The van der Waals surface area contributed by atoms with Crippen LogP contribution in [0.15, 0.2) is 47.7 Å². The topological polar surface area (TPSA) is 74.5 Å². The summed E-state index contributed by atoms with van der Waals surface area (Å²) in [6, 6.07) is 10.3. The second kappa shape index (κ2) is 11.2. The molecule has 0 saturated heterocycles. The quantitative estimate of drug-likeness (QED) is 0.387. The van der Waals surface area contributed by atoms with Gasteiger partial charge in [-0.05, 0) is 43.4 Å². The van der Waals surface area contributed by atoms with Crippen LogP contribution in [0.2, 0.25) is 0 Å². The van der Waals surface area contributed by atoms with E-state index in [2.05, 4.69) is 45.8 Å². The Labute approximate surface area is 173 Å². The van der Waals surface area contributed by atoms with Gasteiger partial charge in [0.1, 0.15) is 0 Å². The summed E-state index contributed by atoms with van der Waals surface area (Å²) in [5.41, 5.74) is 2.65. The Balaban J connectivity index is 1.35. The summed E-state index contributed by atoms with van der Waals surface area (Å²) in [5, 5.41) is 10.8. The first-order chi connectivity index (χ1) is 14.3. The number of carbonyl (C=O) groups excluding carboxylic acids is 1. The van der Waals surface area contributed by atoms with Gasteiger partial charge in [0.2, 0.25) is 5.91 Å². The van der Waals surface area contributed by atoms with Crippen molar-refractivity contribution in [3.05, 3.63) is 53.9 Å². The van der Waals surface area contributed by atoms with E-state index in [1.54, 1.807) is 6.20 Å². The van der Waals surface area contributed by atoms with Gasteiger partial charge < -0.3 is 15.5 Å². The van der Waals surface area contributed by atoms with Gasteiger partial charge in [-0.15, -0.1) is 0 Å². The molecular formula is C22H32N6O. The lowest BCUT2D eigenvalue weighted by Gasteiger charge is -2.29. The minimum absolute atomic E-state index is 0.238. The van der Waals surface area contributed by atoms with Crippen molar-refractivity contribution in [2.24, 2.45) is 4.99 Å². The van der Waals surface area contributed by atoms with Crippen LogP contribution in [0.25, 0.3) is 0 Å². The summed E-state index contributed by atoms with van der Waals surface area (Å²) >= 11 is 0. The summed E-state index contributed by atoms with van der Waals surface area (Å²) in [6.45, 7) is 6.77. The Kier molecular flexibility index (Phi) is 8.10. The number of aryl methyl sites for hydroxylation is 1. The van der Waals surface area contributed by atoms with Crippen molar-refractivity contribution in [2.45, 2.75) is 45.7 Å². The molecule has 0 fully saturated rings. The van der Waals surface area contributed by atoms with E-state index in [9.17, 15) is 4.79 Å². The van der Waals surface area contributed by atoms with Crippen LogP contribution in [-0.4, -0.2) is 52.7 Å². The first kappa shape index (κ1) is 20.9. The van der Waals surface area contributed by atoms with Crippen LogP contribution in [0, 0.1) is 0 Å². The summed E-state index contributed by atoms with van der Waals surface area (Å²) < 4.78 is 1.92. The molecule has 2 heterocycles. The molecule has 1 aromatic heterocycles. The number of nitrogens with zero attached hydrogens (tertiary/aromatic N) is 4. The number of nitrogens with one attached hydrogen (secondary N) is 2. The Morgan fingerprint density at radius 3 is 2.83 bits per heavy atom. The minimum Gasteiger partial charge on any atom is -0.357 e. The van der Waals surface area contributed by atoms with E-state index in [-0.39, 0.29) is 5.91 Å². The molecule has 7 nitrogen and oxygen atoms in total. The average Bonchev–Trinajstić information content (AvgIpc) is 3.27. The van der Waals surface area contributed by atoms with Gasteiger partial charge in [-0.1, -0.05) is 24.3 Å². The van der Waals surface area contributed by atoms with Gasteiger partial charge in [-0.25, -0.2) is 0 Å². The van der Waals surface area contributed by atoms with E-state index in [1.807, 2.05) is 27.9 Å². The van der Waals surface area contributed by atoms with E-state index in [0.29, 0.717) is 6.42 Å². The molecule has 0 unspecified atom stereocenters. The number of benzene rings is 1. The maximum atomic E-state index is 12.5. The van der Waals surface area contributed by atoms with Crippen molar-refractivity contribution >= 4 is 11.9 Å². The van der Waals surface area contributed by atoms with Gasteiger partial charge in [0.25, 0.3) is 0 Å². The standard InChI is InChI=1S/C22H32N6O/c1-2-23-22(25-13-6-15-28-16-7-14-26-28)24-12-5-10-21(29)27-17-11-19-8-3-4-9-20(19)18-27/h3-4,7-9,14,16H,2,5-6,10-13,15,17-18H2,1H3,(H2,23,24,25). The molecule has 0 saturated carbocycles. The highest BCUT2D eigenvalue weighted by molar-refractivity contribution is 5.80. The van der Waals surface area contributed by atoms with Crippen molar-refractivity contribution in [3.8, 4) is 0 Å². The molecule has 3 rings (SSSR count). The van der Waals surface area contributed by atoms with Gasteiger partial charge in [0.05, 0.1) is 0 Å². The highest BCUT2D eigenvalue weighted by Gasteiger charge is 2.19. The fraction of sp³-hybridized carbons (Fsp3) is 0.500. The molecule has 0 bridgehead atoms. The number of amides is 1. The number of guanidine groups is 1. The number of hydrogen-bond acceptors (Lipinski definition) is 3. The van der Waals surface area contributed by atoms with Crippen LogP contribution < -0.4 is 10.6 Å². The second-order valence-electron chi connectivity index (χ2n) is 7.25. The molecule has 0 aliphatic carbocycles. The SMILES string of the molecule is CCNC(=NCCCn1cccn1)NCCCC(=O)N1CCc2ccccc2C1. The predicted octanol–water partition coefficient (Wildman–Crippen LogP) is 2.19. The fourth-order valence-electron chi connectivity index (χ4n) is 3.51. The molecule has 1 aromatic carbocycles. The van der Waals surface area contributed by atoms with Gasteiger partial charge in [-0.3, -0.25) is 14.5 Å². The normalized spacial score (nSPS) is 13.8. The van der Waals surface area contributed by atoms with E-state index in [0.717, 1.165) is 64.5 Å². The lowest BCUT2D eigenvalue weighted by atomic mass is 9.99. The first-order valence-corrected chi connectivity index (χ1v) is 10.6. The van der Waals surface area contributed by atoms with Crippen LogP contribution in [-0.2, 0) is 24.3 Å². The van der Waals surface area contributed by atoms with E-state index in [4.69, 9.17) is 0 Å². The molecule has 0 spiro atoms. The van der Waals surface area contributed by atoms with E-state index < -0.39 is 0 Å². The largest absolute Gasteiger partial charge is 0.357 e. The van der Waals surface area contributed by atoms with Crippen molar-refractivity contribution < 1.29 is 4.79 Å². The van der Waals surface area contributed by atoms with Crippen molar-refractivity contribution in [2.75, 3.05) is 26.2 Å². The smallest absolute Gasteiger partial charge is 0.222 e. The zero-order valence-electron chi connectivity index (χ0n) is 17.3. The maximum absolute atomic E-state index is 12.5. The molecule has 0 radical (unpaired) electrons. The number of hydrogen-bond donors (Lipinski definition) is 2. The van der Waals surface area contributed by atoms with Crippen molar-refractivity contribution in [3.63, 3.8) is 0 Å². The van der Waals surface area contributed by atoms with Crippen LogP contribution in [0.3, 0.4) is 0 Å². The number of carbonyl (C=O) groups is 1. The molecule has 156 valence electrons. The average molecular weight is 397 g/mol. The Hall–Kier alpha value is -2.83. The fourth-order valence-corrected chi connectivity index (χ4v) is 3.51.